The molecule has 8 nitrogen and oxygen atoms in total. The van der Waals surface area contributed by atoms with Gasteiger partial charge in [0.2, 0.25) is 4.91 Å². The minimum absolute atomic E-state index is 0.267. The average molecular weight is 211 g/mol. The second-order valence-corrected chi connectivity index (χ2v) is 3.40. The summed E-state index contributed by atoms with van der Waals surface area (Å²) < 4.78 is 0. The van der Waals surface area contributed by atoms with Crippen LogP contribution in [0.15, 0.2) is 10.2 Å². The SMILES string of the molecule is [N-]=[N+]=N[C@@H]1C[C@@H](C(=O)O)CC[C@H]1N=[N+]=N. The highest BCUT2D eigenvalue weighted by Crippen LogP contribution is 2.28. The third kappa shape index (κ3) is 2.77. The van der Waals surface area contributed by atoms with E-state index in [4.69, 9.17) is 16.2 Å². The summed E-state index contributed by atoms with van der Waals surface area (Å²) in [5.41, 5.74) is 14.9. The summed E-state index contributed by atoms with van der Waals surface area (Å²) >= 11 is 0. The van der Waals surface area contributed by atoms with Crippen LogP contribution in [0.1, 0.15) is 19.3 Å². The molecule has 0 heterocycles. The summed E-state index contributed by atoms with van der Waals surface area (Å²) in [6.07, 6.45) is 1.24. The second-order valence-electron chi connectivity index (χ2n) is 3.40. The van der Waals surface area contributed by atoms with Crippen LogP contribution in [0.4, 0.5) is 0 Å². The highest BCUT2D eigenvalue weighted by Gasteiger charge is 2.35. The Kier molecular flexibility index (Phi) is 3.79. The molecule has 0 aliphatic heterocycles. The predicted molar refractivity (Wildman–Crippen MR) is 49.0 cm³/mol. The summed E-state index contributed by atoms with van der Waals surface area (Å²) in [5, 5.41) is 15.9. The summed E-state index contributed by atoms with van der Waals surface area (Å²) in [4.78, 5) is 16.3. The molecule has 0 aromatic rings. The van der Waals surface area contributed by atoms with Crippen molar-refractivity contribution in [1.82, 2.24) is 4.91 Å². The first kappa shape index (κ1) is 11.2. The van der Waals surface area contributed by atoms with Crippen molar-refractivity contribution >= 4 is 5.97 Å². The quantitative estimate of drug-likeness (QED) is 0.415. The first-order chi connectivity index (χ1) is 7.19. The van der Waals surface area contributed by atoms with Crippen LogP contribution in [0.3, 0.4) is 0 Å². The summed E-state index contributed by atoms with van der Waals surface area (Å²) in [6, 6.07) is -0.854. The molecule has 0 unspecified atom stereocenters. The zero-order valence-corrected chi connectivity index (χ0v) is 7.94. The Morgan fingerprint density at radius 2 is 2.13 bits per heavy atom. The van der Waals surface area contributed by atoms with E-state index in [1.54, 1.807) is 0 Å². The third-order valence-corrected chi connectivity index (χ3v) is 2.54. The number of carboxylic acid groups (broad SMARTS) is 1. The maximum absolute atomic E-state index is 10.7. The zero-order valence-electron chi connectivity index (χ0n) is 7.94. The number of carboxylic acids is 1. The molecule has 0 bridgehead atoms. The second kappa shape index (κ2) is 5.09. The predicted octanol–water partition coefficient (Wildman–Crippen LogP) is 1.47. The van der Waals surface area contributed by atoms with Gasteiger partial charge in [0.05, 0.1) is 12.0 Å². The van der Waals surface area contributed by atoms with Crippen molar-refractivity contribution in [2.24, 2.45) is 16.1 Å². The fraction of sp³-hybridized carbons (Fsp3) is 0.857. The van der Waals surface area contributed by atoms with Gasteiger partial charge in [-0.2, -0.15) is 0 Å². The normalized spacial score (nSPS) is 29.7. The Morgan fingerprint density at radius 1 is 1.40 bits per heavy atom. The fourth-order valence-electron chi connectivity index (χ4n) is 1.75. The first-order valence-corrected chi connectivity index (χ1v) is 4.52. The molecule has 2 N–H and O–H groups in total. The van der Waals surface area contributed by atoms with Gasteiger partial charge in [-0.05, 0) is 24.8 Å². The molecule has 1 aliphatic carbocycles. The Hall–Kier alpha value is -1.91. The lowest BCUT2D eigenvalue weighted by Gasteiger charge is -2.25. The smallest absolute Gasteiger partial charge is 0.306 e. The van der Waals surface area contributed by atoms with Crippen LogP contribution < -0.4 is 4.91 Å². The molecule has 1 rings (SSSR count). The van der Waals surface area contributed by atoms with E-state index < -0.39 is 17.9 Å². The van der Waals surface area contributed by atoms with Crippen molar-refractivity contribution in [3.05, 3.63) is 10.4 Å². The Balaban J connectivity index is 2.77. The van der Waals surface area contributed by atoms with Crippen LogP contribution >= 0.6 is 0 Å². The van der Waals surface area contributed by atoms with Gasteiger partial charge in [-0.1, -0.05) is 5.11 Å². The molecule has 1 aliphatic rings. The van der Waals surface area contributed by atoms with Gasteiger partial charge in [-0.15, -0.1) is 0 Å². The number of rotatable bonds is 3. The molecule has 0 radical (unpaired) electrons. The number of carbonyl (C=O) groups is 1. The lowest BCUT2D eigenvalue weighted by molar-refractivity contribution is -0.143. The van der Waals surface area contributed by atoms with E-state index in [2.05, 4.69) is 20.1 Å². The van der Waals surface area contributed by atoms with Crippen LogP contribution in [-0.4, -0.2) is 23.2 Å². The topological polar surface area (TPSA) is 136 Å². The molecule has 15 heavy (non-hydrogen) atoms. The minimum atomic E-state index is -0.880. The lowest BCUT2D eigenvalue weighted by Crippen LogP contribution is -2.34. The molecule has 0 spiro atoms. The molecular formula is C7H11N6O2+. The summed E-state index contributed by atoms with van der Waals surface area (Å²) in [7, 11) is 0. The van der Waals surface area contributed by atoms with E-state index in [-0.39, 0.29) is 12.5 Å². The number of nitrogens with one attached hydrogen (secondary N) is 1. The molecule has 3 atom stereocenters. The van der Waals surface area contributed by atoms with E-state index in [0.29, 0.717) is 12.8 Å². The average Bonchev–Trinajstić information content (AvgIpc) is 2.21. The van der Waals surface area contributed by atoms with Crippen molar-refractivity contribution in [3.8, 4) is 0 Å². The molecular weight excluding hydrogens is 200 g/mol. The highest BCUT2D eigenvalue weighted by atomic mass is 16.4. The van der Waals surface area contributed by atoms with Crippen molar-refractivity contribution < 1.29 is 9.90 Å². The zero-order chi connectivity index (χ0) is 11.3. The van der Waals surface area contributed by atoms with Gasteiger partial charge in [0.25, 0.3) is 0 Å². The van der Waals surface area contributed by atoms with Crippen LogP contribution in [0.5, 0.6) is 0 Å². The van der Waals surface area contributed by atoms with Gasteiger partial charge < -0.3 is 5.11 Å². The van der Waals surface area contributed by atoms with Crippen molar-refractivity contribution in [2.75, 3.05) is 0 Å². The number of nitrogens with zero attached hydrogens (tertiary/aromatic N) is 5. The van der Waals surface area contributed by atoms with Gasteiger partial charge >= 0.3 is 5.97 Å². The Labute approximate surface area is 85.1 Å². The van der Waals surface area contributed by atoms with Gasteiger partial charge in [0.1, 0.15) is 16.7 Å². The van der Waals surface area contributed by atoms with Gasteiger partial charge in [0, 0.05) is 4.91 Å². The van der Waals surface area contributed by atoms with Crippen molar-refractivity contribution in [3.63, 3.8) is 0 Å². The third-order valence-electron chi connectivity index (χ3n) is 2.54. The molecule has 0 saturated heterocycles. The summed E-state index contributed by atoms with van der Waals surface area (Å²) in [6.45, 7) is 0. The van der Waals surface area contributed by atoms with E-state index in [1.165, 1.54) is 0 Å². The van der Waals surface area contributed by atoms with E-state index in [1.807, 2.05) is 0 Å². The van der Waals surface area contributed by atoms with Crippen LogP contribution in [0.25, 0.3) is 10.4 Å². The number of hydrogen-bond donors (Lipinski definition) is 2. The molecule has 80 valence electrons. The molecule has 1 fully saturated rings. The van der Waals surface area contributed by atoms with Gasteiger partial charge in [-0.3, -0.25) is 4.79 Å². The number of azide groups is 1. The largest absolute Gasteiger partial charge is 0.481 e. The van der Waals surface area contributed by atoms with Crippen LogP contribution in [0, 0.1) is 11.4 Å². The fourth-order valence-corrected chi connectivity index (χ4v) is 1.75. The van der Waals surface area contributed by atoms with Crippen molar-refractivity contribution in [2.45, 2.75) is 31.3 Å². The van der Waals surface area contributed by atoms with Crippen LogP contribution in [-0.2, 0) is 4.79 Å². The maximum Gasteiger partial charge on any atom is 0.306 e. The number of aliphatic carboxylic acids is 1. The molecule has 0 amide bonds. The highest BCUT2D eigenvalue weighted by molar-refractivity contribution is 5.70. The van der Waals surface area contributed by atoms with Gasteiger partial charge in [-0.25, -0.2) is 0 Å². The Bertz CT molecular complexity index is 343. The van der Waals surface area contributed by atoms with Gasteiger partial charge in [0.15, 0.2) is 0 Å². The monoisotopic (exact) mass is 211 g/mol. The molecule has 8 heteroatoms. The molecule has 1 saturated carbocycles. The van der Waals surface area contributed by atoms with Crippen molar-refractivity contribution in [1.29, 1.82) is 5.53 Å². The summed E-state index contributed by atoms with van der Waals surface area (Å²) in [5.74, 6) is -1.37. The first-order valence-electron chi connectivity index (χ1n) is 4.52. The van der Waals surface area contributed by atoms with E-state index in [9.17, 15) is 4.79 Å². The minimum Gasteiger partial charge on any atom is -0.481 e. The Morgan fingerprint density at radius 3 is 2.67 bits per heavy atom. The van der Waals surface area contributed by atoms with Crippen LogP contribution in [0.2, 0.25) is 0 Å². The molecule has 0 aromatic carbocycles. The standard InChI is InChI=1S/C7H10N6O2/c8-12-10-5-2-1-4(7(14)15)3-6(5)11-13-9/h4-6,8H,1-3H2/p+1/t4-,5+,6+/m0/s1. The van der Waals surface area contributed by atoms with E-state index in [0.717, 1.165) is 0 Å². The molecule has 0 aromatic heterocycles. The van der Waals surface area contributed by atoms with E-state index >= 15 is 0 Å². The maximum atomic E-state index is 10.7. The number of hydrogen-bond acceptors (Lipinski definition) is 4. The lowest BCUT2D eigenvalue weighted by atomic mass is 9.83.